The molecule has 1 aliphatic heterocycles. The molecule has 7 nitrogen and oxygen atoms in total. The smallest absolute Gasteiger partial charge is 0.222 e. The Kier molecular flexibility index (Phi) is 5.74. The maximum Gasteiger partial charge on any atom is 0.222 e. The van der Waals surface area contributed by atoms with Crippen molar-refractivity contribution in [3.05, 3.63) is 53.9 Å². The molecule has 0 bridgehead atoms. The molecule has 1 aliphatic rings. The lowest BCUT2D eigenvalue weighted by atomic mass is 9.93. The Balaban J connectivity index is 1.36. The van der Waals surface area contributed by atoms with Gasteiger partial charge in [0, 0.05) is 67.4 Å². The van der Waals surface area contributed by atoms with E-state index in [1.165, 1.54) is 0 Å². The topological polar surface area (TPSA) is 77.0 Å². The Bertz CT molecular complexity index is 927. The van der Waals surface area contributed by atoms with Crippen molar-refractivity contribution < 1.29 is 9.32 Å². The van der Waals surface area contributed by atoms with E-state index >= 15 is 0 Å². The van der Waals surface area contributed by atoms with Crippen molar-refractivity contribution in [2.45, 2.75) is 52.0 Å². The molecule has 1 atom stereocenters. The summed E-state index contributed by atoms with van der Waals surface area (Å²) in [4.78, 5) is 19.4. The van der Waals surface area contributed by atoms with E-state index < -0.39 is 0 Å². The molecule has 3 aromatic heterocycles. The van der Waals surface area contributed by atoms with E-state index in [0.717, 1.165) is 67.2 Å². The van der Waals surface area contributed by atoms with Gasteiger partial charge in [-0.3, -0.25) is 14.5 Å². The van der Waals surface area contributed by atoms with Gasteiger partial charge in [-0.1, -0.05) is 11.2 Å². The number of hydrogen-bond acceptors (Lipinski definition) is 5. The number of pyridine rings is 1. The van der Waals surface area contributed by atoms with Gasteiger partial charge in [0.2, 0.25) is 5.91 Å². The van der Waals surface area contributed by atoms with Gasteiger partial charge in [0.1, 0.15) is 5.76 Å². The normalized spacial score (nSPS) is 16.9. The summed E-state index contributed by atoms with van der Waals surface area (Å²) in [5.74, 6) is 1.33. The molecule has 0 spiro atoms. The number of nitrogens with zero attached hydrogens (tertiary/aromatic N) is 5. The van der Waals surface area contributed by atoms with Crippen LogP contribution in [-0.2, 0) is 11.3 Å². The maximum absolute atomic E-state index is 12.6. The van der Waals surface area contributed by atoms with Crippen molar-refractivity contribution in [1.82, 2.24) is 24.8 Å². The number of rotatable bonds is 6. The van der Waals surface area contributed by atoms with Crippen LogP contribution in [0.5, 0.6) is 0 Å². The summed E-state index contributed by atoms with van der Waals surface area (Å²) >= 11 is 0. The first-order valence-electron chi connectivity index (χ1n) is 10.3. The number of aryl methyl sites for hydroxylation is 3. The Morgan fingerprint density at radius 3 is 2.90 bits per heavy atom. The summed E-state index contributed by atoms with van der Waals surface area (Å²) < 4.78 is 7.14. The van der Waals surface area contributed by atoms with Crippen LogP contribution in [0.25, 0.3) is 11.1 Å². The van der Waals surface area contributed by atoms with Crippen LogP contribution in [0.3, 0.4) is 0 Å². The quantitative estimate of drug-likeness (QED) is 0.638. The van der Waals surface area contributed by atoms with Gasteiger partial charge in [0.25, 0.3) is 0 Å². The van der Waals surface area contributed by atoms with Crippen molar-refractivity contribution >= 4 is 5.91 Å². The van der Waals surface area contributed by atoms with Crippen molar-refractivity contribution in [3.8, 4) is 11.1 Å². The SMILES string of the molecule is Cc1noc(C)c1-c1ccc([C@@H]2CCCN(C(=O)CCCn3cccn3)C2)nc1. The van der Waals surface area contributed by atoms with E-state index in [0.29, 0.717) is 6.42 Å². The van der Waals surface area contributed by atoms with Gasteiger partial charge in [-0.2, -0.15) is 5.10 Å². The molecule has 1 amide bonds. The molecule has 1 saturated heterocycles. The van der Waals surface area contributed by atoms with Gasteiger partial charge < -0.3 is 9.42 Å². The number of piperidine rings is 1. The molecular formula is C22H27N5O2. The number of aromatic nitrogens is 4. The standard InChI is InChI=1S/C22H27N5O2/c1-16-22(17(2)29-25-16)18-8-9-20(23-14-18)19-6-3-11-26(15-19)21(28)7-4-12-27-13-5-10-24-27/h5,8-10,13-14,19H,3-4,6-7,11-12,15H2,1-2H3/t19-/m1/s1. The predicted octanol–water partition coefficient (Wildman–Crippen LogP) is 3.74. The number of carbonyl (C=O) groups is 1. The largest absolute Gasteiger partial charge is 0.361 e. The van der Waals surface area contributed by atoms with Crippen LogP contribution in [-0.4, -0.2) is 43.8 Å². The van der Waals surface area contributed by atoms with Crippen LogP contribution in [0.15, 0.2) is 41.3 Å². The van der Waals surface area contributed by atoms with Crippen LogP contribution in [0.1, 0.15) is 48.7 Å². The second-order valence-electron chi connectivity index (χ2n) is 7.72. The van der Waals surface area contributed by atoms with Crippen molar-refractivity contribution in [2.75, 3.05) is 13.1 Å². The van der Waals surface area contributed by atoms with Gasteiger partial charge >= 0.3 is 0 Å². The zero-order chi connectivity index (χ0) is 20.2. The minimum absolute atomic E-state index is 0.231. The second-order valence-corrected chi connectivity index (χ2v) is 7.72. The van der Waals surface area contributed by atoms with E-state index in [1.54, 1.807) is 6.20 Å². The first-order chi connectivity index (χ1) is 14.1. The van der Waals surface area contributed by atoms with Crippen LogP contribution in [0, 0.1) is 13.8 Å². The minimum atomic E-state index is 0.231. The van der Waals surface area contributed by atoms with Crippen LogP contribution in [0.2, 0.25) is 0 Å². The van der Waals surface area contributed by atoms with E-state index in [4.69, 9.17) is 9.51 Å². The van der Waals surface area contributed by atoms with Crippen LogP contribution >= 0.6 is 0 Å². The zero-order valence-corrected chi connectivity index (χ0v) is 17.0. The molecule has 1 fully saturated rings. The summed E-state index contributed by atoms with van der Waals surface area (Å²) in [6.45, 7) is 6.23. The lowest BCUT2D eigenvalue weighted by Gasteiger charge is -2.32. The Hall–Kier alpha value is -2.96. The summed E-state index contributed by atoms with van der Waals surface area (Å²) in [5, 5.41) is 8.21. The highest BCUT2D eigenvalue weighted by atomic mass is 16.5. The first kappa shape index (κ1) is 19.4. The van der Waals surface area contributed by atoms with Crippen LogP contribution < -0.4 is 0 Å². The zero-order valence-electron chi connectivity index (χ0n) is 17.0. The molecule has 0 saturated carbocycles. The Morgan fingerprint density at radius 2 is 2.21 bits per heavy atom. The summed E-state index contributed by atoms with van der Waals surface area (Å²) in [6, 6.07) is 6.07. The predicted molar refractivity (Wildman–Crippen MR) is 109 cm³/mol. The molecule has 152 valence electrons. The maximum atomic E-state index is 12.6. The third-order valence-corrected chi connectivity index (χ3v) is 5.64. The molecule has 29 heavy (non-hydrogen) atoms. The Labute approximate surface area is 170 Å². The summed E-state index contributed by atoms with van der Waals surface area (Å²) in [7, 11) is 0. The highest BCUT2D eigenvalue weighted by Crippen LogP contribution is 2.30. The highest BCUT2D eigenvalue weighted by molar-refractivity contribution is 5.76. The van der Waals surface area contributed by atoms with E-state index in [-0.39, 0.29) is 11.8 Å². The Morgan fingerprint density at radius 1 is 1.31 bits per heavy atom. The fraction of sp³-hybridized carbons (Fsp3) is 0.455. The number of hydrogen-bond donors (Lipinski definition) is 0. The molecule has 0 unspecified atom stereocenters. The lowest BCUT2D eigenvalue weighted by molar-refractivity contribution is -0.132. The molecular weight excluding hydrogens is 366 g/mol. The van der Waals surface area contributed by atoms with Crippen molar-refractivity contribution in [3.63, 3.8) is 0 Å². The van der Waals surface area contributed by atoms with E-state index in [2.05, 4.69) is 22.4 Å². The molecule has 4 heterocycles. The monoisotopic (exact) mass is 393 g/mol. The molecule has 0 aromatic carbocycles. The third-order valence-electron chi connectivity index (χ3n) is 5.64. The van der Waals surface area contributed by atoms with E-state index in [9.17, 15) is 4.79 Å². The molecule has 0 aliphatic carbocycles. The molecule has 0 N–H and O–H groups in total. The average molecular weight is 393 g/mol. The van der Waals surface area contributed by atoms with E-state index in [1.807, 2.05) is 41.9 Å². The van der Waals surface area contributed by atoms with Gasteiger partial charge in [-0.05, 0) is 45.2 Å². The number of amides is 1. The minimum Gasteiger partial charge on any atom is -0.361 e. The molecule has 4 rings (SSSR count). The van der Waals surface area contributed by atoms with Gasteiger partial charge in [-0.25, -0.2) is 0 Å². The number of carbonyl (C=O) groups excluding carboxylic acids is 1. The van der Waals surface area contributed by atoms with Crippen LogP contribution in [0.4, 0.5) is 0 Å². The number of likely N-dealkylation sites (tertiary alicyclic amines) is 1. The van der Waals surface area contributed by atoms with Gasteiger partial charge in [0.05, 0.1) is 5.69 Å². The van der Waals surface area contributed by atoms with Crippen molar-refractivity contribution in [1.29, 1.82) is 0 Å². The molecule has 7 heteroatoms. The van der Waals surface area contributed by atoms with Gasteiger partial charge in [0.15, 0.2) is 0 Å². The van der Waals surface area contributed by atoms with Crippen molar-refractivity contribution in [2.24, 2.45) is 0 Å². The highest BCUT2D eigenvalue weighted by Gasteiger charge is 2.25. The fourth-order valence-electron chi connectivity index (χ4n) is 4.12. The van der Waals surface area contributed by atoms with Gasteiger partial charge in [-0.15, -0.1) is 0 Å². The lowest BCUT2D eigenvalue weighted by Crippen LogP contribution is -2.39. The fourth-order valence-corrected chi connectivity index (χ4v) is 4.12. The molecule has 0 radical (unpaired) electrons. The first-order valence-corrected chi connectivity index (χ1v) is 10.3. The third kappa shape index (κ3) is 4.39. The second kappa shape index (κ2) is 8.59. The average Bonchev–Trinajstić information content (AvgIpc) is 3.38. The summed E-state index contributed by atoms with van der Waals surface area (Å²) in [5.41, 5.74) is 3.96. The molecule has 3 aromatic rings. The summed E-state index contributed by atoms with van der Waals surface area (Å²) in [6.07, 6.45) is 9.04.